The number of benzene rings is 1. The van der Waals surface area contributed by atoms with Crippen molar-refractivity contribution in [2.45, 2.75) is 40.0 Å². The largest absolute Gasteiger partial charge is 0.451 e. The van der Waals surface area contributed by atoms with Crippen molar-refractivity contribution >= 4 is 28.9 Å². The third kappa shape index (κ3) is 4.48. The maximum Gasteiger partial charge on any atom is 0.348 e. The highest BCUT2D eigenvalue weighted by Crippen LogP contribution is 2.32. The van der Waals surface area contributed by atoms with E-state index in [0.29, 0.717) is 10.8 Å². The Hall–Kier alpha value is -2.14. The molecule has 1 aliphatic rings. The molecule has 0 saturated heterocycles. The van der Waals surface area contributed by atoms with Crippen LogP contribution in [0.4, 0.5) is 5.69 Å². The van der Waals surface area contributed by atoms with Crippen LogP contribution in [0.1, 0.15) is 44.6 Å². The van der Waals surface area contributed by atoms with Crippen molar-refractivity contribution < 1.29 is 14.3 Å². The Balaban J connectivity index is 1.56. The monoisotopic (exact) mass is 357 g/mol. The number of thiophene rings is 1. The van der Waals surface area contributed by atoms with Gasteiger partial charge in [0, 0.05) is 10.6 Å². The van der Waals surface area contributed by atoms with Crippen LogP contribution in [0.3, 0.4) is 0 Å². The van der Waals surface area contributed by atoms with Crippen molar-refractivity contribution in [1.29, 1.82) is 0 Å². The number of rotatable bonds is 4. The molecule has 1 aromatic carbocycles. The summed E-state index contributed by atoms with van der Waals surface area (Å²) < 4.78 is 5.19. The van der Waals surface area contributed by atoms with E-state index in [4.69, 9.17) is 4.74 Å². The number of anilines is 1. The second-order valence-electron chi connectivity index (χ2n) is 6.91. The normalized spacial score (nSPS) is 16.2. The van der Waals surface area contributed by atoms with Gasteiger partial charge in [0.15, 0.2) is 6.61 Å². The zero-order chi connectivity index (χ0) is 18.0. The quantitative estimate of drug-likeness (QED) is 0.831. The number of hydrogen-bond donors (Lipinski definition) is 1. The van der Waals surface area contributed by atoms with E-state index in [0.717, 1.165) is 29.7 Å². The van der Waals surface area contributed by atoms with Gasteiger partial charge in [0.2, 0.25) is 0 Å². The summed E-state index contributed by atoms with van der Waals surface area (Å²) >= 11 is 1.50. The van der Waals surface area contributed by atoms with Crippen LogP contribution in [0, 0.1) is 19.8 Å². The Morgan fingerprint density at radius 3 is 2.64 bits per heavy atom. The van der Waals surface area contributed by atoms with Gasteiger partial charge in [-0.3, -0.25) is 4.79 Å². The van der Waals surface area contributed by atoms with Crippen LogP contribution < -0.4 is 5.32 Å². The van der Waals surface area contributed by atoms with E-state index in [2.05, 4.69) is 12.2 Å². The molecule has 1 aromatic heterocycles. The number of ether oxygens (including phenoxy) is 1. The van der Waals surface area contributed by atoms with Gasteiger partial charge >= 0.3 is 5.97 Å². The third-order valence-corrected chi connectivity index (χ3v) is 5.59. The van der Waals surface area contributed by atoms with E-state index in [1.807, 2.05) is 38.1 Å². The Labute approximate surface area is 152 Å². The molecule has 132 valence electrons. The first-order valence-corrected chi connectivity index (χ1v) is 9.39. The summed E-state index contributed by atoms with van der Waals surface area (Å²) in [4.78, 5) is 26.1. The zero-order valence-electron chi connectivity index (χ0n) is 14.8. The first kappa shape index (κ1) is 17.7. The van der Waals surface area contributed by atoms with Crippen LogP contribution in [0.5, 0.6) is 0 Å². The fourth-order valence-electron chi connectivity index (χ4n) is 3.25. The molecule has 3 rings (SSSR count). The van der Waals surface area contributed by atoms with E-state index in [9.17, 15) is 9.59 Å². The van der Waals surface area contributed by atoms with E-state index < -0.39 is 5.97 Å². The lowest BCUT2D eigenvalue weighted by molar-refractivity contribution is -0.119. The average Bonchev–Trinajstić information content (AvgIpc) is 2.94. The highest BCUT2D eigenvalue weighted by Gasteiger charge is 2.21. The Morgan fingerprint density at radius 2 is 1.92 bits per heavy atom. The van der Waals surface area contributed by atoms with Crippen molar-refractivity contribution in [3.05, 3.63) is 50.7 Å². The third-order valence-electron chi connectivity index (χ3n) is 4.37. The first-order chi connectivity index (χ1) is 11.9. The molecule has 0 aliphatic heterocycles. The van der Waals surface area contributed by atoms with Gasteiger partial charge in [-0.2, -0.15) is 0 Å². The van der Waals surface area contributed by atoms with Gasteiger partial charge in [-0.25, -0.2) is 4.79 Å². The minimum absolute atomic E-state index is 0.273. The number of hydrogen-bond acceptors (Lipinski definition) is 4. The number of carbonyl (C=O) groups is 2. The summed E-state index contributed by atoms with van der Waals surface area (Å²) in [6.45, 7) is 5.91. The molecule has 25 heavy (non-hydrogen) atoms. The minimum Gasteiger partial charge on any atom is -0.451 e. The van der Waals surface area contributed by atoms with Crippen LogP contribution in [-0.2, 0) is 22.4 Å². The van der Waals surface area contributed by atoms with Gasteiger partial charge in [-0.1, -0.05) is 13.0 Å². The number of nitrogens with one attached hydrogen (secondary N) is 1. The Morgan fingerprint density at radius 1 is 1.20 bits per heavy atom. The molecule has 1 aliphatic carbocycles. The smallest absolute Gasteiger partial charge is 0.348 e. The molecular weight excluding hydrogens is 334 g/mol. The van der Waals surface area contributed by atoms with Crippen molar-refractivity contribution in [3.63, 3.8) is 0 Å². The van der Waals surface area contributed by atoms with Crippen LogP contribution in [0.2, 0.25) is 0 Å². The number of aryl methyl sites for hydroxylation is 3. The summed E-state index contributed by atoms with van der Waals surface area (Å²) in [5.74, 6) is -0.0783. The van der Waals surface area contributed by atoms with E-state index >= 15 is 0 Å². The second-order valence-corrected chi connectivity index (χ2v) is 8.04. The summed E-state index contributed by atoms with van der Waals surface area (Å²) in [6.07, 6.45) is 3.22. The van der Waals surface area contributed by atoms with Crippen LogP contribution in [0.25, 0.3) is 0 Å². The van der Waals surface area contributed by atoms with Gasteiger partial charge < -0.3 is 10.1 Å². The Bertz CT molecular complexity index is 789. The molecule has 1 amide bonds. The van der Waals surface area contributed by atoms with Crippen LogP contribution >= 0.6 is 11.3 Å². The van der Waals surface area contributed by atoms with E-state index in [1.165, 1.54) is 28.2 Å². The molecule has 0 fully saturated rings. The average molecular weight is 357 g/mol. The summed E-state index contributed by atoms with van der Waals surface area (Å²) in [6, 6.07) is 7.75. The lowest BCUT2D eigenvalue weighted by atomic mass is 9.90. The maximum absolute atomic E-state index is 12.2. The van der Waals surface area contributed by atoms with Crippen LogP contribution in [-0.4, -0.2) is 18.5 Å². The van der Waals surface area contributed by atoms with Crippen molar-refractivity contribution in [1.82, 2.24) is 0 Å². The first-order valence-electron chi connectivity index (χ1n) is 8.57. The molecular formula is C20H23NO3S. The number of carbonyl (C=O) groups excluding carboxylic acids is 2. The molecule has 5 heteroatoms. The highest BCUT2D eigenvalue weighted by molar-refractivity contribution is 7.14. The molecule has 0 saturated carbocycles. The minimum atomic E-state index is -0.414. The lowest BCUT2D eigenvalue weighted by Gasteiger charge is -2.16. The van der Waals surface area contributed by atoms with Gasteiger partial charge in [0.1, 0.15) is 4.88 Å². The molecule has 0 bridgehead atoms. The topological polar surface area (TPSA) is 55.4 Å². The Kier molecular flexibility index (Phi) is 5.23. The van der Waals surface area contributed by atoms with Gasteiger partial charge in [0.05, 0.1) is 0 Å². The fraction of sp³-hybridized carbons (Fsp3) is 0.400. The van der Waals surface area contributed by atoms with Gasteiger partial charge in [-0.15, -0.1) is 11.3 Å². The predicted molar refractivity (Wildman–Crippen MR) is 100 cm³/mol. The molecule has 0 unspecified atom stereocenters. The van der Waals surface area contributed by atoms with Crippen molar-refractivity contribution in [2.24, 2.45) is 5.92 Å². The molecule has 4 nitrogen and oxygen atoms in total. The number of fused-ring (bicyclic) bond motifs is 1. The molecule has 1 atom stereocenters. The number of amides is 1. The SMILES string of the molecule is Cc1cc(C)cc(NC(=O)COC(=O)c2cc3c(s2)CC[C@@H](C)C3)c1. The second kappa shape index (κ2) is 7.40. The van der Waals surface area contributed by atoms with Crippen molar-refractivity contribution in [3.8, 4) is 0 Å². The molecule has 0 spiro atoms. The highest BCUT2D eigenvalue weighted by atomic mass is 32.1. The summed E-state index contributed by atoms with van der Waals surface area (Å²) in [5.41, 5.74) is 4.13. The number of esters is 1. The zero-order valence-corrected chi connectivity index (χ0v) is 15.7. The summed E-state index contributed by atoms with van der Waals surface area (Å²) in [7, 11) is 0. The van der Waals surface area contributed by atoms with Crippen LogP contribution in [0.15, 0.2) is 24.3 Å². The standard InChI is InChI=1S/C20H23NO3S/c1-12-4-5-17-15(7-12)10-18(25-17)20(23)24-11-19(22)21-16-8-13(2)6-14(3)9-16/h6,8-10,12H,4-5,7,11H2,1-3H3,(H,21,22)/t12-/m1/s1. The molecule has 0 radical (unpaired) electrons. The maximum atomic E-state index is 12.2. The molecule has 2 aromatic rings. The summed E-state index contributed by atoms with van der Waals surface area (Å²) in [5, 5.41) is 2.77. The van der Waals surface area contributed by atoms with E-state index in [-0.39, 0.29) is 12.5 Å². The predicted octanol–water partition coefficient (Wildman–Crippen LogP) is 4.29. The fourth-order valence-corrected chi connectivity index (χ4v) is 4.35. The molecule has 1 N–H and O–H groups in total. The van der Waals surface area contributed by atoms with Crippen molar-refractivity contribution in [2.75, 3.05) is 11.9 Å². The van der Waals surface area contributed by atoms with Gasteiger partial charge in [-0.05, 0) is 73.9 Å². The lowest BCUT2D eigenvalue weighted by Crippen LogP contribution is -2.20. The molecule has 1 heterocycles. The van der Waals surface area contributed by atoms with E-state index in [1.54, 1.807) is 0 Å². The van der Waals surface area contributed by atoms with Gasteiger partial charge in [0.25, 0.3) is 5.91 Å².